The molecule has 2 aromatic rings. The van der Waals surface area contributed by atoms with Crippen molar-refractivity contribution in [2.24, 2.45) is 5.92 Å². The van der Waals surface area contributed by atoms with Crippen molar-refractivity contribution in [2.75, 3.05) is 39.2 Å². The minimum atomic E-state index is -3.72. The number of piperidine rings is 1. The van der Waals surface area contributed by atoms with E-state index in [0.717, 1.165) is 5.56 Å². The lowest BCUT2D eigenvalue weighted by Crippen LogP contribution is -2.43. The van der Waals surface area contributed by atoms with Crippen LogP contribution in [0.2, 0.25) is 0 Å². The normalized spacial score (nSPS) is 16.9. The van der Waals surface area contributed by atoms with Crippen molar-refractivity contribution >= 4 is 21.6 Å². The van der Waals surface area contributed by atoms with Gasteiger partial charge in [0.05, 0.1) is 37.3 Å². The number of rotatable bonds is 8. The Hall–Kier alpha value is -2.78. The second-order valence-corrected chi connectivity index (χ2v) is 9.56. The van der Waals surface area contributed by atoms with E-state index in [4.69, 9.17) is 14.2 Å². The van der Waals surface area contributed by atoms with Crippen molar-refractivity contribution in [1.29, 1.82) is 0 Å². The van der Waals surface area contributed by atoms with Crippen LogP contribution in [0, 0.1) is 12.8 Å². The van der Waals surface area contributed by atoms with Crippen LogP contribution in [-0.4, -0.2) is 52.5 Å². The fraction of sp³-hybridized carbons (Fsp3) is 0.435. The van der Waals surface area contributed by atoms with Crippen molar-refractivity contribution in [3.05, 3.63) is 42.0 Å². The maximum atomic E-state index is 13.2. The molecule has 0 saturated carbocycles. The molecule has 0 aromatic heterocycles. The standard InChI is InChI=1S/C23H30N2O6S/c1-5-31-21-11-9-19(13-16(21)2)32(27,28)25-12-6-7-17(15-25)23(26)24-20-10-8-18(29-3)14-22(20)30-4/h8-11,13-14,17H,5-7,12,15H2,1-4H3,(H,24,26)/t17-/m1/s1. The van der Waals surface area contributed by atoms with Gasteiger partial charge in [0.25, 0.3) is 0 Å². The first-order chi connectivity index (χ1) is 15.3. The fourth-order valence-electron chi connectivity index (χ4n) is 3.76. The highest BCUT2D eigenvalue weighted by Gasteiger charge is 2.33. The van der Waals surface area contributed by atoms with E-state index in [2.05, 4.69) is 5.32 Å². The van der Waals surface area contributed by atoms with E-state index < -0.39 is 15.9 Å². The Morgan fingerprint density at radius 2 is 1.91 bits per heavy atom. The Bertz CT molecular complexity index is 1070. The molecule has 2 aromatic carbocycles. The van der Waals surface area contributed by atoms with Crippen molar-refractivity contribution in [3.63, 3.8) is 0 Å². The smallest absolute Gasteiger partial charge is 0.243 e. The van der Waals surface area contributed by atoms with Crippen LogP contribution in [0.1, 0.15) is 25.3 Å². The number of carbonyl (C=O) groups excluding carboxylic acids is 1. The van der Waals surface area contributed by atoms with Crippen LogP contribution in [0.25, 0.3) is 0 Å². The predicted molar refractivity (Wildman–Crippen MR) is 122 cm³/mol. The molecule has 9 heteroatoms. The summed E-state index contributed by atoms with van der Waals surface area (Å²) in [5, 5.41) is 2.87. The lowest BCUT2D eigenvalue weighted by atomic mass is 9.98. The third-order valence-electron chi connectivity index (χ3n) is 5.51. The maximum absolute atomic E-state index is 13.2. The van der Waals surface area contributed by atoms with E-state index in [1.165, 1.54) is 11.4 Å². The maximum Gasteiger partial charge on any atom is 0.243 e. The molecule has 0 unspecified atom stereocenters. The number of anilines is 1. The molecule has 0 spiro atoms. The largest absolute Gasteiger partial charge is 0.497 e. The number of amides is 1. The lowest BCUT2D eigenvalue weighted by Gasteiger charge is -2.31. The number of aryl methyl sites for hydroxylation is 1. The predicted octanol–water partition coefficient (Wildman–Crippen LogP) is 3.45. The van der Waals surface area contributed by atoms with Crippen LogP contribution in [0.3, 0.4) is 0 Å². The molecule has 1 aliphatic heterocycles. The summed E-state index contributed by atoms with van der Waals surface area (Å²) in [6.07, 6.45) is 1.21. The topological polar surface area (TPSA) is 94.2 Å². The first-order valence-electron chi connectivity index (χ1n) is 10.6. The summed E-state index contributed by atoms with van der Waals surface area (Å²) in [6, 6.07) is 9.96. The van der Waals surface area contributed by atoms with Crippen LogP contribution in [0.15, 0.2) is 41.3 Å². The van der Waals surface area contributed by atoms with E-state index in [-0.39, 0.29) is 17.3 Å². The molecule has 1 fully saturated rings. The van der Waals surface area contributed by atoms with Gasteiger partial charge in [-0.25, -0.2) is 8.42 Å². The van der Waals surface area contributed by atoms with Crippen molar-refractivity contribution in [3.8, 4) is 17.2 Å². The molecular formula is C23H30N2O6S. The molecule has 0 aliphatic carbocycles. The third kappa shape index (κ3) is 5.16. The number of nitrogens with zero attached hydrogens (tertiary/aromatic N) is 1. The van der Waals surface area contributed by atoms with E-state index in [0.29, 0.717) is 48.9 Å². The zero-order valence-electron chi connectivity index (χ0n) is 18.9. The fourth-order valence-corrected chi connectivity index (χ4v) is 5.37. The van der Waals surface area contributed by atoms with Crippen molar-refractivity contribution in [2.45, 2.75) is 31.6 Å². The summed E-state index contributed by atoms with van der Waals surface area (Å²) >= 11 is 0. The number of ether oxygens (including phenoxy) is 3. The van der Waals surface area contributed by atoms with E-state index in [1.54, 1.807) is 43.5 Å². The number of hydrogen-bond acceptors (Lipinski definition) is 6. The van der Waals surface area contributed by atoms with Gasteiger partial charge in [-0.05, 0) is 62.6 Å². The Morgan fingerprint density at radius 1 is 1.12 bits per heavy atom. The summed E-state index contributed by atoms with van der Waals surface area (Å²) in [6.45, 7) is 4.71. The number of nitrogens with one attached hydrogen (secondary N) is 1. The van der Waals surface area contributed by atoms with Gasteiger partial charge in [0, 0.05) is 19.2 Å². The molecule has 1 aliphatic rings. The molecule has 32 heavy (non-hydrogen) atoms. The van der Waals surface area contributed by atoms with Crippen molar-refractivity contribution < 1.29 is 27.4 Å². The molecule has 0 bridgehead atoms. The molecule has 3 rings (SSSR count). The van der Waals surface area contributed by atoms with Gasteiger partial charge in [-0.1, -0.05) is 0 Å². The highest BCUT2D eigenvalue weighted by Crippen LogP contribution is 2.31. The van der Waals surface area contributed by atoms with Gasteiger partial charge < -0.3 is 19.5 Å². The highest BCUT2D eigenvalue weighted by atomic mass is 32.2. The summed E-state index contributed by atoms with van der Waals surface area (Å²) in [5.74, 6) is 1.05. The number of methoxy groups -OCH3 is 2. The Balaban J connectivity index is 1.74. The van der Waals surface area contributed by atoms with Gasteiger partial charge in [0.1, 0.15) is 17.2 Å². The van der Waals surface area contributed by atoms with Gasteiger partial charge in [0.15, 0.2) is 0 Å². The molecular weight excluding hydrogens is 432 g/mol. The monoisotopic (exact) mass is 462 g/mol. The second-order valence-electron chi connectivity index (χ2n) is 7.62. The number of sulfonamides is 1. The van der Waals surface area contributed by atoms with Gasteiger partial charge >= 0.3 is 0 Å². The minimum Gasteiger partial charge on any atom is -0.497 e. The SMILES string of the molecule is CCOc1ccc(S(=O)(=O)N2CCC[C@@H](C(=O)Nc3ccc(OC)cc3OC)C2)cc1C. The van der Waals surface area contributed by atoms with Crippen LogP contribution < -0.4 is 19.5 Å². The quantitative estimate of drug-likeness (QED) is 0.646. The van der Waals surface area contributed by atoms with E-state index in [9.17, 15) is 13.2 Å². The lowest BCUT2D eigenvalue weighted by molar-refractivity contribution is -0.120. The van der Waals surface area contributed by atoms with E-state index in [1.807, 2.05) is 13.8 Å². The molecule has 0 radical (unpaired) electrons. The molecule has 8 nitrogen and oxygen atoms in total. The number of hydrogen-bond donors (Lipinski definition) is 1. The van der Waals surface area contributed by atoms with E-state index >= 15 is 0 Å². The van der Waals surface area contributed by atoms with Crippen LogP contribution in [0.4, 0.5) is 5.69 Å². The molecule has 1 N–H and O–H groups in total. The number of benzene rings is 2. The summed E-state index contributed by atoms with van der Waals surface area (Å²) in [5.41, 5.74) is 1.27. The van der Waals surface area contributed by atoms with Gasteiger partial charge in [-0.3, -0.25) is 4.79 Å². The minimum absolute atomic E-state index is 0.124. The first-order valence-corrected chi connectivity index (χ1v) is 12.0. The summed E-state index contributed by atoms with van der Waals surface area (Å²) in [7, 11) is -0.657. The molecule has 1 heterocycles. The Morgan fingerprint density at radius 3 is 2.56 bits per heavy atom. The highest BCUT2D eigenvalue weighted by molar-refractivity contribution is 7.89. The zero-order valence-corrected chi connectivity index (χ0v) is 19.7. The Labute approximate surface area is 189 Å². The average Bonchev–Trinajstić information content (AvgIpc) is 2.80. The summed E-state index contributed by atoms with van der Waals surface area (Å²) in [4.78, 5) is 13.1. The second kappa shape index (κ2) is 10.2. The zero-order chi connectivity index (χ0) is 23.3. The number of carbonyl (C=O) groups is 1. The van der Waals surface area contributed by atoms with Gasteiger partial charge in [0.2, 0.25) is 15.9 Å². The van der Waals surface area contributed by atoms with Crippen LogP contribution in [0.5, 0.6) is 17.2 Å². The molecule has 1 saturated heterocycles. The Kier molecular flexibility index (Phi) is 7.63. The third-order valence-corrected chi connectivity index (χ3v) is 7.37. The van der Waals surface area contributed by atoms with Gasteiger partial charge in [-0.15, -0.1) is 0 Å². The van der Waals surface area contributed by atoms with Gasteiger partial charge in [-0.2, -0.15) is 4.31 Å². The molecule has 174 valence electrons. The molecule has 1 amide bonds. The first kappa shape index (κ1) is 23.9. The van der Waals surface area contributed by atoms with Crippen LogP contribution in [-0.2, 0) is 14.8 Å². The summed E-state index contributed by atoms with van der Waals surface area (Å²) < 4.78 is 43.9. The van der Waals surface area contributed by atoms with Crippen molar-refractivity contribution in [1.82, 2.24) is 4.31 Å². The van der Waals surface area contributed by atoms with Crippen LogP contribution >= 0.6 is 0 Å². The average molecular weight is 463 g/mol. The molecule has 1 atom stereocenters.